The average Bonchev–Trinajstić information content (AvgIpc) is 2.67. The van der Waals surface area contributed by atoms with Gasteiger partial charge in [-0.1, -0.05) is 78.9 Å². The molecule has 2 N–H and O–H groups in total. The van der Waals surface area contributed by atoms with Crippen LogP contribution in [0.3, 0.4) is 0 Å². The lowest BCUT2D eigenvalue weighted by molar-refractivity contribution is 0.598. The van der Waals surface area contributed by atoms with E-state index >= 15 is 0 Å². The van der Waals surface area contributed by atoms with E-state index in [2.05, 4.69) is 42.5 Å². The third-order valence-electron chi connectivity index (χ3n) is 4.50. The van der Waals surface area contributed by atoms with Crippen molar-refractivity contribution < 1.29 is 8.42 Å². The molecule has 0 aliphatic carbocycles. The van der Waals surface area contributed by atoms with Crippen LogP contribution in [0.4, 0.5) is 0 Å². The maximum absolute atomic E-state index is 11.4. The van der Waals surface area contributed by atoms with Crippen molar-refractivity contribution in [3.8, 4) is 22.3 Å². The van der Waals surface area contributed by atoms with Gasteiger partial charge in [-0.15, -0.1) is 0 Å². The van der Waals surface area contributed by atoms with Gasteiger partial charge >= 0.3 is 0 Å². The molecule has 0 aliphatic heterocycles. The van der Waals surface area contributed by atoms with Crippen molar-refractivity contribution in [1.82, 2.24) is 0 Å². The first-order chi connectivity index (χ1) is 12.5. The molecule has 0 fully saturated rings. The third-order valence-corrected chi connectivity index (χ3v) is 5.43. The molecule has 0 spiro atoms. The van der Waals surface area contributed by atoms with Crippen LogP contribution in [0, 0.1) is 0 Å². The Hall–Kier alpha value is -2.95. The molecule has 0 saturated carbocycles. The van der Waals surface area contributed by atoms with Crippen molar-refractivity contribution in [3.05, 3.63) is 91.0 Å². The van der Waals surface area contributed by atoms with E-state index in [9.17, 15) is 8.42 Å². The van der Waals surface area contributed by atoms with E-state index in [1.165, 1.54) is 28.5 Å². The Labute approximate surface area is 152 Å². The molecule has 4 aromatic carbocycles. The molecule has 4 rings (SSSR count). The summed E-state index contributed by atoms with van der Waals surface area (Å²) < 4.78 is 22.7. The first-order valence-electron chi connectivity index (χ1n) is 8.24. The normalized spacial score (nSPS) is 11.6. The monoisotopic (exact) mass is 359 g/mol. The molecule has 0 heterocycles. The molecule has 0 saturated heterocycles. The summed E-state index contributed by atoms with van der Waals surface area (Å²) in [5.41, 5.74) is 4.31. The van der Waals surface area contributed by atoms with Crippen LogP contribution in [0.1, 0.15) is 0 Å². The Morgan fingerprint density at radius 2 is 1.12 bits per heavy atom. The molecule has 0 radical (unpaired) electrons. The Morgan fingerprint density at radius 3 is 1.77 bits per heavy atom. The minimum atomic E-state index is -3.67. The van der Waals surface area contributed by atoms with Gasteiger partial charge in [0.15, 0.2) is 0 Å². The summed E-state index contributed by atoms with van der Waals surface area (Å²) in [7, 11) is -3.67. The first kappa shape index (κ1) is 16.5. The van der Waals surface area contributed by atoms with E-state index in [0.29, 0.717) is 0 Å². The molecule has 4 aromatic rings. The molecule has 128 valence electrons. The molecule has 0 aliphatic rings. The van der Waals surface area contributed by atoms with Crippen LogP contribution in [0.15, 0.2) is 95.9 Å². The highest BCUT2D eigenvalue weighted by atomic mass is 32.2. The van der Waals surface area contributed by atoms with Crippen LogP contribution in [0.25, 0.3) is 33.0 Å². The van der Waals surface area contributed by atoms with E-state index in [-0.39, 0.29) is 4.90 Å². The van der Waals surface area contributed by atoms with Crippen LogP contribution in [-0.4, -0.2) is 8.42 Å². The van der Waals surface area contributed by atoms with Gasteiger partial charge in [0, 0.05) is 0 Å². The second-order valence-electron chi connectivity index (χ2n) is 6.17. The number of hydrogen-bond donors (Lipinski definition) is 1. The van der Waals surface area contributed by atoms with Gasteiger partial charge in [0.25, 0.3) is 0 Å². The summed E-state index contributed by atoms with van der Waals surface area (Å²) in [5.74, 6) is 0. The summed E-state index contributed by atoms with van der Waals surface area (Å²) in [6, 6.07) is 29.5. The Balaban J connectivity index is 1.71. The molecule has 3 nitrogen and oxygen atoms in total. The van der Waals surface area contributed by atoms with Crippen LogP contribution < -0.4 is 5.14 Å². The first-order valence-corrected chi connectivity index (χ1v) is 9.78. The van der Waals surface area contributed by atoms with E-state index in [1.807, 2.05) is 24.3 Å². The summed E-state index contributed by atoms with van der Waals surface area (Å²) in [5, 5.41) is 7.59. The van der Waals surface area contributed by atoms with Gasteiger partial charge in [-0.25, -0.2) is 13.6 Å². The highest BCUT2D eigenvalue weighted by Gasteiger charge is 2.08. The zero-order valence-corrected chi connectivity index (χ0v) is 14.8. The summed E-state index contributed by atoms with van der Waals surface area (Å²) >= 11 is 0. The zero-order chi connectivity index (χ0) is 18.1. The summed E-state index contributed by atoms with van der Waals surface area (Å²) in [6.07, 6.45) is 0. The largest absolute Gasteiger partial charge is 0.238 e. The Bertz CT molecular complexity index is 1170. The standard InChI is InChI=1S/C22H17NO2S/c23-26(24,25)20-14-12-17(13-15-20)16-8-10-19(11-9-16)22-7-3-5-18-4-1-2-6-21(18)22/h1-15H,(H2,23,24,25). The quantitative estimate of drug-likeness (QED) is 0.570. The van der Waals surface area contributed by atoms with E-state index in [0.717, 1.165) is 16.7 Å². The maximum Gasteiger partial charge on any atom is 0.238 e. The van der Waals surface area contributed by atoms with Crippen molar-refractivity contribution in [1.29, 1.82) is 0 Å². The fraction of sp³-hybridized carbons (Fsp3) is 0. The lowest BCUT2D eigenvalue weighted by atomic mass is 9.96. The molecule has 0 aromatic heterocycles. The van der Waals surface area contributed by atoms with E-state index in [1.54, 1.807) is 12.1 Å². The van der Waals surface area contributed by atoms with Crippen LogP contribution in [0.2, 0.25) is 0 Å². The summed E-state index contributed by atoms with van der Waals surface area (Å²) in [4.78, 5) is 0.119. The van der Waals surface area contributed by atoms with Crippen molar-refractivity contribution in [2.45, 2.75) is 4.90 Å². The van der Waals surface area contributed by atoms with Gasteiger partial charge in [-0.05, 0) is 45.2 Å². The molecular weight excluding hydrogens is 342 g/mol. The molecule has 0 unspecified atom stereocenters. The summed E-state index contributed by atoms with van der Waals surface area (Å²) in [6.45, 7) is 0. The lowest BCUT2D eigenvalue weighted by Crippen LogP contribution is -2.11. The second kappa shape index (κ2) is 6.41. The third kappa shape index (κ3) is 3.12. The average molecular weight is 359 g/mol. The molecule has 0 amide bonds. The maximum atomic E-state index is 11.4. The number of nitrogens with two attached hydrogens (primary N) is 1. The number of sulfonamides is 1. The number of benzene rings is 4. The number of rotatable bonds is 3. The van der Waals surface area contributed by atoms with Gasteiger partial charge in [0.05, 0.1) is 4.90 Å². The predicted octanol–water partition coefficient (Wildman–Crippen LogP) is 4.82. The minimum Gasteiger partial charge on any atom is -0.225 e. The smallest absolute Gasteiger partial charge is 0.225 e. The molecule has 26 heavy (non-hydrogen) atoms. The Kier molecular flexibility index (Phi) is 4.07. The van der Waals surface area contributed by atoms with Crippen LogP contribution in [0.5, 0.6) is 0 Å². The zero-order valence-electron chi connectivity index (χ0n) is 14.0. The van der Waals surface area contributed by atoms with Gasteiger partial charge in [-0.3, -0.25) is 0 Å². The van der Waals surface area contributed by atoms with Crippen molar-refractivity contribution >= 4 is 20.8 Å². The fourth-order valence-electron chi connectivity index (χ4n) is 3.16. The topological polar surface area (TPSA) is 60.2 Å². The van der Waals surface area contributed by atoms with Gasteiger partial charge in [-0.2, -0.15) is 0 Å². The lowest BCUT2D eigenvalue weighted by Gasteiger charge is -2.09. The van der Waals surface area contributed by atoms with Gasteiger partial charge in [0.1, 0.15) is 0 Å². The SMILES string of the molecule is NS(=O)(=O)c1ccc(-c2ccc(-c3cccc4ccccc34)cc2)cc1. The highest BCUT2D eigenvalue weighted by molar-refractivity contribution is 7.89. The van der Waals surface area contributed by atoms with Crippen molar-refractivity contribution in [3.63, 3.8) is 0 Å². The Morgan fingerprint density at radius 1 is 0.577 bits per heavy atom. The van der Waals surface area contributed by atoms with E-state index < -0.39 is 10.0 Å². The van der Waals surface area contributed by atoms with Crippen LogP contribution >= 0.6 is 0 Å². The van der Waals surface area contributed by atoms with E-state index in [4.69, 9.17) is 5.14 Å². The molecule has 4 heteroatoms. The van der Waals surface area contributed by atoms with Crippen molar-refractivity contribution in [2.24, 2.45) is 5.14 Å². The number of primary sulfonamides is 1. The minimum absolute atomic E-state index is 0.119. The van der Waals surface area contributed by atoms with Crippen molar-refractivity contribution in [2.75, 3.05) is 0 Å². The number of fused-ring (bicyclic) bond motifs is 1. The van der Waals surface area contributed by atoms with Gasteiger partial charge < -0.3 is 0 Å². The highest BCUT2D eigenvalue weighted by Crippen LogP contribution is 2.30. The molecular formula is C22H17NO2S. The number of hydrogen-bond acceptors (Lipinski definition) is 2. The predicted molar refractivity (Wildman–Crippen MR) is 106 cm³/mol. The fourth-order valence-corrected chi connectivity index (χ4v) is 3.67. The van der Waals surface area contributed by atoms with Gasteiger partial charge in [0.2, 0.25) is 10.0 Å². The molecule has 0 atom stereocenters. The molecule has 0 bridgehead atoms. The van der Waals surface area contributed by atoms with Crippen LogP contribution in [-0.2, 0) is 10.0 Å². The second-order valence-corrected chi connectivity index (χ2v) is 7.73.